The normalized spacial score (nSPS) is 10.6. The first-order chi connectivity index (χ1) is 8.30. The summed E-state index contributed by atoms with van der Waals surface area (Å²) in [5.74, 6) is -0.183. The van der Waals surface area contributed by atoms with Crippen molar-refractivity contribution >= 4 is 27.9 Å². The molecule has 1 rings (SSSR count). The number of halogens is 2. The summed E-state index contributed by atoms with van der Waals surface area (Å²) in [6.07, 6.45) is 3.54. The molecule has 0 bridgehead atoms. The van der Waals surface area contributed by atoms with Crippen molar-refractivity contribution in [2.24, 2.45) is 5.14 Å². The van der Waals surface area contributed by atoms with Crippen LogP contribution in [-0.2, 0) is 6.42 Å². The second-order valence-corrected chi connectivity index (χ2v) is 7.11. The molecule has 0 saturated carbocycles. The standard InChI is InChI=1S/C10H10BrF.C4H11NS/c1-2-3-4-8-7-9(12)5-6-10(8)11;1-4(2,3)6-5/h2,5-7H,1,3-4H2;5H2,1-3H3. The highest BCUT2D eigenvalue weighted by molar-refractivity contribution is 9.10. The van der Waals surface area contributed by atoms with Gasteiger partial charge in [-0.1, -0.05) is 34.0 Å². The Balaban J connectivity index is 0.000000411. The van der Waals surface area contributed by atoms with E-state index in [0.717, 1.165) is 22.9 Å². The molecule has 0 aromatic heterocycles. The quantitative estimate of drug-likeness (QED) is 0.615. The maximum Gasteiger partial charge on any atom is 0.123 e. The van der Waals surface area contributed by atoms with Gasteiger partial charge in [-0.15, -0.1) is 6.58 Å². The summed E-state index contributed by atoms with van der Waals surface area (Å²) in [4.78, 5) is 0. The molecule has 1 aromatic rings. The van der Waals surface area contributed by atoms with E-state index in [2.05, 4.69) is 43.3 Å². The van der Waals surface area contributed by atoms with E-state index >= 15 is 0 Å². The highest BCUT2D eigenvalue weighted by atomic mass is 79.9. The van der Waals surface area contributed by atoms with Gasteiger partial charge in [-0.2, -0.15) is 0 Å². The molecule has 102 valence electrons. The van der Waals surface area contributed by atoms with E-state index < -0.39 is 0 Å². The van der Waals surface area contributed by atoms with Gasteiger partial charge >= 0.3 is 0 Å². The summed E-state index contributed by atoms with van der Waals surface area (Å²) in [5.41, 5.74) is 0.995. The zero-order valence-corrected chi connectivity index (χ0v) is 13.6. The van der Waals surface area contributed by atoms with Crippen LogP contribution in [0.4, 0.5) is 4.39 Å². The van der Waals surface area contributed by atoms with Crippen molar-refractivity contribution < 1.29 is 4.39 Å². The molecular weight excluding hydrogens is 313 g/mol. The number of allylic oxidation sites excluding steroid dienone is 1. The molecular formula is C14H21BrFNS. The van der Waals surface area contributed by atoms with Gasteiger partial charge in [0, 0.05) is 9.22 Å². The van der Waals surface area contributed by atoms with E-state index in [1.54, 1.807) is 12.1 Å². The molecule has 1 nitrogen and oxygen atoms in total. The Morgan fingerprint density at radius 3 is 2.44 bits per heavy atom. The van der Waals surface area contributed by atoms with Crippen LogP contribution >= 0.6 is 27.9 Å². The first-order valence-corrected chi connectivity index (χ1v) is 7.40. The SMILES string of the molecule is C=CCCc1cc(F)ccc1Br.CC(C)(C)SN. The highest BCUT2D eigenvalue weighted by Gasteiger charge is 2.05. The van der Waals surface area contributed by atoms with Gasteiger partial charge in [-0.25, -0.2) is 4.39 Å². The highest BCUT2D eigenvalue weighted by Crippen LogP contribution is 2.19. The zero-order valence-electron chi connectivity index (χ0n) is 11.2. The minimum Gasteiger partial charge on any atom is -0.277 e. The Morgan fingerprint density at radius 1 is 1.44 bits per heavy atom. The van der Waals surface area contributed by atoms with Crippen molar-refractivity contribution in [3.63, 3.8) is 0 Å². The third-order valence-electron chi connectivity index (χ3n) is 1.98. The number of hydrogen-bond donors (Lipinski definition) is 1. The Kier molecular flexibility index (Phi) is 8.57. The molecule has 0 atom stereocenters. The van der Waals surface area contributed by atoms with Crippen LogP contribution in [0.2, 0.25) is 0 Å². The summed E-state index contributed by atoms with van der Waals surface area (Å²) in [6, 6.07) is 4.73. The lowest BCUT2D eigenvalue weighted by atomic mass is 10.1. The molecule has 1 aromatic carbocycles. The van der Waals surface area contributed by atoms with Crippen LogP contribution in [0.3, 0.4) is 0 Å². The van der Waals surface area contributed by atoms with Crippen LogP contribution in [0.15, 0.2) is 35.3 Å². The third-order valence-corrected chi connectivity index (χ3v) is 3.46. The molecule has 0 fully saturated rings. The molecule has 0 aliphatic rings. The molecule has 4 heteroatoms. The van der Waals surface area contributed by atoms with E-state index in [9.17, 15) is 4.39 Å². The third kappa shape index (κ3) is 8.72. The smallest absolute Gasteiger partial charge is 0.123 e. The number of benzene rings is 1. The van der Waals surface area contributed by atoms with Crippen molar-refractivity contribution in [2.45, 2.75) is 38.4 Å². The summed E-state index contributed by atoms with van der Waals surface area (Å²) in [7, 11) is 0. The van der Waals surface area contributed by atoms with E-state index in [-0.39, 0.29) is 10.6 Å². The van der Waals surface area contributed by atoms with Gasteiger partial charge in [0.2, 0.25) is 0 Å². The molecule has 2 N–H and O–H groups in total. The molecule has 0 spiro atoms. The van der Waals surface area contributed by atoms with Gasteiger partial charge < -0.3 is 0 Å². The van der Waals surface area contributed by atoms with Crippen molar-refractivity contribution in [1.29, 1.82) is 0 Å². The lowest BCUT2D eigenvalue weighted by Gasteiger charge is -2.11. The second-order valence-electron chi connectivity index (χ2n) is 4.79. The number of hydrogen-bond acceptors (Lipinski definition) is 2. The van der Waals surface area contributed by atoms with Gasteiger partial charge in [-0.05, 0) is 57.4 Å². The van der Waals surface area contributed by atoms with Crippen LogP contribution < -0.4 is 5.14 Å². The van der Waals surface area contributed by atoms with Crippen LogP contribution in [0.25, 0.3) is 0 Å². The monoisotopic (exact) mass is 333 g/mol. The molecule has 18 heavy (non-hydrogen) atoms. The van der Waals surface area contributed by atoms with E-state index in [4.69, 9.17) is 5.14 Å². The van der Waals surface area contributed by atoms with Gasteiger partial charge in [-0.3, -0.25) is 5.14 Å². The molecule has 0 heterocycles. The van der Waals surface area contributed by atoms with Crippen LogP contribution in [0.1, 0.15) is 32.8 Å². The Hall–Kier alpha value is -0.320. The van der Waals surface area contributed by atoms with Crippen molar-refractivity contribution in [2.75, 3.05) is 0 Å². The van der Waals surface area contributed by atoms with Gasteiger partial charge in [0.15, 0.2) is 0 Å². The van der Waals surface area contributed by atoms with Crippen LogP contribution in [0.5, 0.6) is 0 Å². The first kappa shape index (κ1) is 17.7. The Morgan fingerprint density at radius 2 is 2.00 bits per heavy atom. The summed E-state index contributed by atoms with van der Waals surface area (Å²) < 4.78 is 13.9. The van der Waals surface area contributed by atoms with Crippen molar-refractivity contribution in [3.8, 4) is 0 Å². The topological polar surface area (TPSA) is 26.0 Å². The first-order valence-electron chi connectivity index (χ1n) is 5.73. The fourth-order valence-corrected chi connectivity index (χ4v) is 1.44. The molecule has 0 aliphatic heterocycles. The minimum atomic E-state index is -0.183. The van der Waals surface area contributed by atoms with Gasteiger partial charge in [0.05, 0.1) is 0 Å². The fraction of sp³-hybridized carbons (Fsp3) is 0.429. The molecule has 0 radical (unpaired) electrons. The zero-order chi connectivity index (χ0) is 14.2. The van der Waals surface area contributed by atoms with Crippen molar-refractivity contribution in [1.82, 2.24) is 0 Å². The molecule has 0 aliphatic carbocycles. The number of nitrogens with two attached hydrogens (primary N) is 1. The fourth-order valence-electron chi connectivity index (χ4n) is 0.992. The van der Waals surface area contributed by atoms with E-state index in [1.807, 2.05) is 6.08 Å². The van der Waals surface area contributed by atoms with Crippen LogP contribution in [0, 0.1) is 5.82 Å². The van der Waals surface area contributed by atoms with Gasteiger partial charge in [0.1, 0.15) is 5.82 Å². The largest absolute Gasteiger partial charge is 0.277 e. The minimum absolute atomic E-state index is 0.183. The van der Waals surface area contributed by atoms with E-state index in [1.165, 1.54) is 18.0 Å². The average Bonchev–Trinajstić information content (AvgIpc) is 2.30. The lowest BCUT2D eigenvalue weighted by molar-refractivity contribution is 0.625. The summed E-state index contributed by atoms with van der Waals surface area (Å²) in [5, 5.41) is 5.22. The summed E-state index contributed by atoms with van der Waals surface area (Å²) in [6.45, 7) is 9.86. The van der Waals surface area contributed by atoms with E-state index in [0.29, 0.717) is 0 Å². The molecule has 0 saturated heterocycles. The maximum atomic E-state index is 12.7. The molecule has 0 amide bonds. The average molecular weight is 334 g/mol. The second kappa shape index (κ2) is 8.73. The predicted molar refractivity (Wildman–Crippen MR) is 84.1 cm³/mol. The Bertz CT molecular complexity index is 375. The maximum absolute atomic E-state index is 12.7. The lowest BCUT2D eigenvalue weighted by Crippen LogP contribution is -2.09. The van der Waals surface area contributed by atoms with Crippen molar-refractivity contribution in [3.05, 3.63) is 46.7 Å². The Labute approximate surface area is 122 Å². The number of aryl methyl sites for hydroxylation is 1. The summed E-state index contributed by atoms with van der Waals surface area (Å²) >= 11 is 4.74. The predicted octanol–water partition coefficient (Wildman–Crippen LogP) is 5.10. The van der Waals surface area contributed by atoms with Gasteiger partial charge in [0.25, 0.3) is 0 Å². The van der Waals surface area contributed by atoms with Crippen LogP contribution in [-0.4, -0.2) is 4.75 Å². The number of rotatable bonds is 3. The molecule has 0 unspecified atom stereocenters.